The van der Waals surface area contributed by atoms with E-state index < -0.39 is 0 Å². The van der Waals surface area contributed by atoms with Crippen LogP contribution in [0.15, 0.2) is 42.5 Å². The number of hydrogen-bond acceptors (Lipinski definition) is 1. The Morgan fingerprint density at radius 3 is 2.67 bits per heavy atom. The number of nitrogens with zero attached hydrogens (tertiary/aromatic N) is 1. The first-order chi connectivity index (χ1) is 8.74. The molecule has 0 fully saturated rings. The monoisotopic (exact) mass is 235 g/mol. The van der Waals surface area contributed by atoms with Gasteiger partial charge in [-0.25, -0.2) is 4.98 Å². The first kappa shape index (κ1) is 12.4. The largest absolute Gasteiger partial charge is 0.245 e. The third-order valence-electron chi connectivity index (χ3n) is 2.73. The lowest BCUT2D eigenvalue weighted by Gasteiger charge is -1.98. The van der Waals surface area contributed by atoms with E-state index in [1.165, 1.54) is 11.1 Å². The van der Waals surface area contributed by atoms with Gasteiger partial charge in [0, 0.05) is 12.1 Å². The average molecular weight is 235 g/mol. The minimum atomic E-state index is 0.860. The molecular formula is C17H17N. The Hall–Kier alpha value is -2.07. The molecule has 0 aliphatic carbocycles. The van der Waals surface area contributed by atoms with Crippen molar-refractivity contribution >= 4 is 0 Å². The Labute approximate surface area is 109 Å². The van der Waals surface area contributed by atoms with E-state index in [0.29, 0.717) is 0 Å². The molecule has 0 amide bonds. The van der Waals surface area contributed by atoms with Gasteiger partial charge in [-0.2, -0.15) is 0 Å². The van der Waals surface area contributed by atoms with E-state index in [-0.39, 0.29) is 0 Å². The minimum Gasteiger partial charge on any atom is -0.245 e. The molecule has 0 N–H and O–H groups in total. The Morgan fingerprint density at radius 2 is 1.89 bits per heavy atom. The normalized spacial score (nSPS) is 9.67. The van der Waals surface area contributed by atoms with Crippen molar-refractivity contribution in [2.75, 3.05) is 0 Å². The summed E-state index contributed by atoms with van der Waals surface area (Å²) >= 11 is 0. The molecule has 0 atom stereocenters. The smallest absolute Gasteiger partial charge is 0.113 e. The highest BCUT2D eigenvalue weighted by Crippen LogP contribution is 2.06. The highest BCUT2D eigenvalue weighted by atomic mass is 14.7. The second-order valence-corrected chi connectivity index (χ2v) is 4.46. The van der Waals surface area contributed by atoms with Crippen LogP contribution in [-0.4, -0.2) is 4.98 Å². The van der Waals surface area contributed by atoms with Gasteiger partial charge in [-0.15, -0.1) is 0 Å². The lowest BCUT2D eigenvalue weighted by molar-refractivity contribution is 1.02. The first-order valence-electron chi connectivity index (χ1n) is 6.22. The SMILES string of the molecule is Cc1cccc(CCC#Cc2cccc(C)n2)c1. The molecule has 1 aromatic carbocycles. The van der Waals surface area contributed by atoms with Crippen molar-refractivity contribution < 1.29 is 0 Å². The Kier molecular flexibility index (Phi) is 4.15. The number of aryl methyl sites for hydroxylation is 3. The van der Waals surface area contributed by atoms with Crippen molar-refractivity contribution in [3.8, 4) is 11.8 Å². The van der Waals surface area contributed by atoms with Gasteiger partial charge in [-0.3, -0.25) is 0 Å². The van der Waals surface area contributed by atoms with Crippen molar-refractivity contribution in [1.29, 1.82) is 0 Å². The standard InChI is InChI=1S/C17H17N/c1-14-7-5-10-16(13-14)9-3-4-11-17-12-6-8-15(2)18-17/h5-8,10,12-13H,3,9H2,1-2H3. The summed E-state index contributed by atoms with van der Waals surface area (Å²) in [7, 11) is 0. The number of benzene rings is 1. The summed E-state index contributed by atoms with van der Waals surface area (Å²) < 4.78 is 0. The molecule has 0 spiro atoms. The molecule has 2 aromatic rings. The summed E-state index contributed by atoms with van der Waals surface area (Å²) in [5.74, 6) is 6.29. The fourth-order valence-corrected chi connectivity index (χ4v) is 1.84. The fourth-order valence-electron chi connectivity index (χ4n) is 1.84. The molecule has 0 radical (unpaired) electrons. The molecule has 0 saturated heterocycles. The zero-order valence-electron chi connectivity index (χ0n) is 10.9. The zero-order chi connectivity index (χ0) is 12.8. The Bertz CT molecular complexity index is 588. The number of rotatable bonds is 2. The van der Waals surface area contributed by atoms with E-state index in [9.17, 15) is 0 Å². The van der Waals surface area contributed by atoms with Crippen LogP contribution in [0, 0.1) is 25.7 Å². The van der Waals surface area contributed by atoms with Gasteiger partial charge in [0.2, 0.25) is 0 Å². The summed E-state index contributed by atoms with van der Waals surface area (Å²) in [6.07, 6.45) is 1.87. The summed E-state index contributed by atoms with van der Waals surface area (Å²) in [4.78, 5) is 4.36. The van der Waals surface area contributed by atoms with E-state index >= 15 is 0 Å². The summed E-state index contributed by atoms with van der Waals surface area (Å²) in [5, 5.41) is 0. The van der Waals surface area contributed by atoms with E-state index in [1.54, 1.807) is 0 Å². The zero-order valence-corrected chi connectivity index (χ0v) is 10.9. The van der Waals surface area contributed by atoms with Crippen LogP contribution in [0.2, 0.25) is 0 Å². The fraction of sp³-hybridized carbons (Fsp3) is 0.235. The van der Waals surface area contributed by atoms with Gasteiger partial charge in [-0.05, 0) is 43.9 Å². The average Bonchev–Trinajstić information content (AvgIpc) is 2.35. The van der Waals surface area contributed by atoms with E-state index in [0.717, 1.165) is 24.2 Å². The highest BCUT2D eigenvalue weighted by Gasteiger charge is 1.92. The van der Waals surface area contributed by atoms with Gasteiger partial charge in [0.05, 0.1) is 0 Å². The van der Waals surface area contributed by atoms with Crippen LogP contribution in [0.5, 0.6) is 0 Å². The Morgan fingerprint density at radius 1 is 1.06 bits per heavy atom. The van der Waals surface area contributed by atoms with Gasteiger partial charge in [0.15, 0.2) is 0 Å². The molecule has 90 valence electrons. The van der Waals surface area contributed by atoms with Gasteiger partial charge >= 0.3 is 0 Å². The second kappa shape index (κ2) is 6.02. The van der Waals surface area contributed by atoms with Crippen LogP contribution in [-0.2, 0) is 6.42 Å². The molecular weight excluding hydrogens is 218 g/mol. The molecule has 0 aliphatic rings. The minimum absolute atomic E-state index is 0.860. The highest BCUT2D eigenvalue weighted by molar-refractivity contribution is 5.29. The summed E-state index contributed by atoms with van der Waals surface area (Å²) in [6, 6.07) is 14.5. The molecule has 0 aliphatic heterocycles. The van der Waals surface area contributed by atoms with Crippen molar-refractivity contribution in [3.05, 3.63) is 65.0 Å². The van der Waals surface area contributed by atoms with Crippen LogP contribution < -0.4 is 0 Å². The van der Waals surface area contributed by atoms with Crippen molar-refractivity contribution in [2.45, 2.75) is 26.7 Å². The van der Waals surface area contributed by atoms with Crippen LogP contribution in [0.4, 0.5) is 0 Å². The van der Waals surface area contributed by atoms with Crippen LogP contribution >= 0.6 is 0 Å². The lowest BCUT2D eigenvalue weighted by Crippen LogP contribution is -1.86. The van der Waals surface area contributed by atoms with Crippen molar-refractivity contribution in [3.63, 3.8) is 0 Å². The van der Waals surface area contributed by atoms with E-state index in [2.05, 4.69) is 48.0 Å². The van der Waals surface area contributed by atoms with Crippen LogP contribution in [0.25, 0.3) is 0 Å². The molecule has 1 heteroatoms. The summed E-state index contributed by atoms with van der Waals surface area (Å²) in [6.45, 7) is 4.10. The van der Waals surface area contributed by atoms with Crippen LogP contribution in [0.1, 0.15) is 28.9 Å². The predicted octanol–water partition coefficient (Wildman–Crippen LogP) is 3.68. The number of hydrogen-bond donors (Lipinski definition) is 0. The topological polar surface area (TPSA) is 12.9 Å². The lowest BCUT2D eigenvalue weighted by atomic mass is 10.1. The van der Waals surface area contributed by atoms with Gasteiger partial charge < -0.3 is 0 Å². The van der Waals surface area contributed by atoms with Crippen molar-refractivity contribution in [2.24, 2.45) is 0 Å². The Balaban J connectivity index is 1.93. The van der Waals surface area contributed by atoms with Gasteiger partial charge in [0.25, 0.3) is 0 Å². The predicted molar refractivity (Wildman–Crippen MR) is 75.4 cm³/mol. The molecule has 0 unspecified atom stereocenters. The third-order valence-corrected chi connectivity index (χ3v) is 2.73. The maximum atomic E-state index is 4.36. The number of aromatic nitrogens is 1. The molecule has 1 nitrogen and oxygen atoms in total. The van der Waals surface area contributed by atoms with Crippen LogP contribution in [0.3, 0.4) is 0 Å². The number of pyridine rings is 1. The van der Waals surface area contributed by atoms with E-state index in [1.807, 2.05) is 25.1 Å². The molecule has 1 heterocycles. The molecule has 18 heavy (non-hydrogen) atoms. The van der Waals surface area contributed by atoms with Gasteiger partial charge in [0.1, 0.15) is 5.69 Å². The second-order valence-electron chi connectivity index (χ2n) is 4.46. The maximum Gasteiger partial charge on any atom is 0.113 e. The quantitative estimate of drug-likeness (QED) is 0.723. The van der Waals surface area contributed by atoms with Gasteiger partial charge in [-0.1, -0.05) is 41.8 Å². The molecule has 2 rings (SSSR count). The molecule has 0 bridgehead atoms. The first-order valence-corrected chi connectivity index (χ1v) is 6.22. The third kappa shape index (κ3) is 3.75. The van der Waals surface area contributed by atoms with Crippen molar-refractivity contribution in [1.82, 2.24) is 4.98 Å². The van der Waals surface area contributed by atoms with E-state index in [4.69, 9.17) is 0 Å². The maximum absolute atomic E-state index is 4.36. The molecule has 0 saturated carbocycles. The molecule has 1 aromatic heterocycles. The summed E-state index contributed by atoms with van der Waals surface area (Å²) in [5.41, 5.74) is 4.53.